The van der Waals surface area contributed by atoms with Crippen LogP contribution in [0.25, 0.3) is 0 Å². The molecule has 0 saturated carbocycles. The minimum absolute atomic E-state index is 0.118. The Morgan fingerprint density at radius 2 is 2.14 bits per heavy atom. The van der Waals surface area contributed by atoms with Gasteiger partial charge in [-0.3, -0.25) is 4.79 Å². The highest BCUT2D eigenvalue weighted by molar-refractivity contribution is 7.09. The Kier molecular flexibility index (Phi) is 5.44. The van der Waals surface area contributed by atoms with E-state index in [0.717, 1.165) is 11.4 Å². The number of thiazole rings is 1. The number of carbonyl (C=O) groups is 1. The zero-order valence-electron chi connectivity index (χ0n) is 12.3. The number of hydrogen-bond donors (Lipinski definition) is 1. The van der Waals surface area contributed by atoms with E-state index in [1.54, 1.807) is 4.90 Å². The third kappa shape index (κ3) is 4.19. The molecule has 1 aliphatic heterocycles. The maximum absolute atomic E-state index is 12.5. The molecule has 1 amide bonds. The summed E-state index contributed by atoms with van der Waals surface area (Å²) in [5.74, 6) is -0.942. The SMILES string of the molecule is CCc1nc(CC(=O)N2CCC(C(O)C(F)(F)F)CC2)cs1. The van der Waals surface area contributed by atoms with E-state index < -0.39 is 18.2 Å². The van der Waals surface area contributed by atoms with Crippen LogP contribution in [0, 0.1) is 5.92 Å². The number of aliphatic hydroxyl groups excluding tert-OH is 1. The van der Waals surface area contributed by atoms with Crippen LogP contribution >= 0.6 is 11.3 Å². The van der Waals surface area contributed by atoms with E-state index in [2.05, 4.69) is 4.98 Å². The Bertz CT molecular complexity index is 510. The Balaban J connectivity index is 1.84. The maximum atomic E-state index is 12.5. The van der Waals surface area contributed by atoms with Crippen molar-refractivity contribution in [3.63, 3.8) is 0 Å². The first kappa shape index (κ1) is 17.2. The molecule has 22 heavy (non-hydrogen) atoms. The molecule has 1 fully saturated rings. The van der Waals surface area contributed by atoms with Crippen molar-refractivity contribution in [2.45, 2.75) is 44.9 Å². The highest BCUT2D eigenvalue weighted by Gasteiger charge is 2.44. The van der Waals surface area contributed by atoms with Gasteiger partial charge in [0.2, 0.25) is 5.91 Å². The summed E-state index contributed by atoms with van der Waals surface area (Å²) in [5.41, 5.74) is 0.712. The highest BCUT2D eigenvalue weighted by atomic mass is 32.1. The van der Waals surface area contributed by atoms with Crippen molar-refractivity contribution in [2.75, 3.05) is 13.1 Å². The molecular weight excluding hydrogens is 317 g/mol. The molecule has 1 unspecified atom stereocenters. The number of amides is 1. The molecule has 0 aromatic carbocycles. The molecular formula is C14H19F3N2O2S. The molecule has 4 nitrogen and oxygen atoms in total. The van der Waals surface area contributed by atoms with Crippen LogP contribution in [-0.4, -0.2) is 46.3 Å². The third-order valence-electron chi connectivity index (χ3n) is 3.91. The summed E-state index contributed by atoms with van der Waals surface area (Å²) >= 11 is 1.51. The van der Waals surface area contributed by atoms with Gasteiger partial charge in [-0.2, -0.15) is 13.2 Å². The van der Waals surface area contributed by atoms with Gasteiger partial charge in [0.15, 0.2) is 6.10 Å². The average Bonchev–Trinajstić information content (AvgIpc) is 2.93. The van der Waals surface area contributed by atoms with Gasteiger partial charge in [-0.05, 0) is 25.2 Å². The lowest BCUT2D eigenvalue weighted by atomic mass is 9.90. The molecule has 1 aliphatic rings. The van der Waals surface area contributed by atoms with Gasteiger partial charge < -0.3 is 10.0 Å². The Morgan fingerprint density at radius 3 is 2.64 bits per heavy atom. The first-order chi connectivity index (χ1) is 10.3. The quantitative estimate of drug-likeness (QED) is 0.919. The van der Waals surface area contributed by atoms with Crippen molar-refractivity contribution in [3.05, 3.63) is 16.1 Å². The van der Waals surface area contributed by atoms with Crippen molar-refractivity contribution >= 4 is 17.2 Å². The number of likely N-dealkylation sites (tertiary alicyclic amines) is 1. The summed E-state index contributed by atoms with van der Waals surface area (Å²) < 4.78 is 37.4. The standard InChI is InChI=1S/C14H19F3N2O2S/c1-2-11-18-10(8-22-11)7-12(20)19-5-3-9(4-6-19)13(21)14(15,16)17/h8-9,13,21H,2-7H2,1H3. The van der Waals surface area contributed by atoms with E-state index in [1.807, 2.05) is 12.3 Å². The zero-order chi connectivity index (χ0) is 16.3. The number of alkyl halides is 3. The molecule has 0 spiro atoms. The van der Waals surface area contributed by atoms with Crippen LogP contribution < -0.4 is 0 Å². The number of nitrogens with zero attached hydrogens (tertiary/aromatic N) is 2. The molecule has 1 N–H and O–H groups in total. The van der Waals surface area contributed by atoms with Crippen molar-refractivity contribution in [1.29, 1.82) is 0 Å². The predicted octanol–water partition coefficient (Wildman–Crippen LogP) is 2.41. The normalized spacial score (nSPS) is 18.5. The summed E-state index contributed by atoms with van der Waals surface area (Å²) in [4.78, 5) is 18.0. The highest BCUT2D eigenvalue weighted by Crippen LogP contribution is 2.31. The van der Waals surface area contributed by atoms with Crippen LogP contribution in [0.1, 0.15) is 30.5 Å². The lowest BCUT2D eigenvalue weighted by molar-refractivity contribution is -0.222. The smallest absolute Gasteiger partial charge is 0.383 e. The van der Waals surface area contributed by atoms with Gasteiger partial charge in [-0.25, -0.2) is 4.98 Å². The summed E-state index contributed by atoms with van der Waals surface area (Å²) in [7, 11) is 0. The molecule has 0 radical (unpaired) electrons. The minimum Gasteiger partial charge on any atom is -0.383 e. The van der Waals surface area contributed by atoms with Gasteiger partial charge in [-0.15, -0.1) is 11.3 Å². The van der Waals surface area contributed by atoms with Gasteiger partial charge >= 0.3 is 6.18 Å². The first-order valence-corrected chi connectivity index (χ1v) is 8.15. The van der Waals surface area contributed by atoms with E-state index >= 15 is 0 Å². The van der Waals surface area contributed by atoms with E-state index in [0.29, 0.717) is 5.69 Å². The van der Waals surface area contributed by atoms with E-state index in [-0.39, 0.29) is 38.3 Å². The summed E-state index contributed by atoms with van der Waals surface area (Å²) in [6.45, 7) is 2.49. The van der Waals surface area contributed by atoms with Crippen LogP contribution in [0.15, 0.2) is 5.38 Å². The van der Waals surface area contributed by atoms with Crippen LogP contribution in [0.4, 0.5) is 13.2 Å². The monoisotopic (exact) mass is 336 g/mol. The largest absolute Gasteiger partial charge is 0.414 e. The molecule has 124 valence electrons. The van der Waals surface area contributed by atoms with Crippen LogP contribution in [0.2, 0.25) is 0 Å². The number of aryl methyl sites for hydroxylation is 1. The second-order valence-corrected chi connectivity index (χ2v) is 6.41. The fourth-order valence-corrected chi connectivity index (χ4v) is 3.34. The van der Waals surface area contributed by atoms with Crippen LogP contribution in [0.3, 0.4) is 0 Å². The van der Waals surface area contributed by atoms with E-state index in [4.69, 9.17) is 0 Å². The Labute approximate surface area is 131 Å². The lowest BCUT2D eigenvalue weighted by Crippen LogP contribution is -2.45. The van der Waals surface area contributed by atoms with Gasteiger partial charge in [0.05, 0.1) is 17.1 Å². The molecule has 0 bridgehead atoms. The predicted molar refractivity (Wildman–Crippen MR) is 76.6 cm³/mol. The summed E-state index contributed by atoms with van der Waals surface area (Å²) in [6.07, 6.45) is -5.54. The molecule has 0 aliphatic carbocycles. The minimum atomic E-state index is -4.59. The van der Waals surface area contributed by atoms with Crippen LogP contribution in [-0.2, 0) is 17.6 Å². The van der Waals surface area contributed by atoms with Crippen molar-refractivity contribution in [2.24, 2.45) is 5.92 Å². The molecule has 1 aromatic rings. The molecule has 1 aromatic heterocycles. The van der Waals surface area contributed by atoms with E-state index in [1.165, 1.54) is 11.3 Å². The van der Waals surface area contributed by atoms with Crippen molar-refractivity contribution < 1.29 is 23.1 Å². The average molecular weight is 336 g/mol. The van der Waals surface area contributed by atoms with Crippen molar-refractivity contribution in [1.82, 2.24) is 9.88 Å². The zero-order valence-corrected chi connectivity index (χ0v) is 13.1. The fourth-order valence-electron chi connectivity index (χ4n) is 2.59. The van der Waals surface area contributed by atoms with Crippen molar-refractivity contribution in [3.8, 4) is 0 Å². The number of rotatable bonds is 4. The molecule has 1 saturated heterocycles. The van der Waals surface area contributed by atoms with Gasteiger partial charge in [0.25, 0.3) is 0 Å². The second kappa shape index (κ2) is 6.95. The lowest BCUT2D eigenvalue weighted by Gasteiger charge is -2.34. The number of piperidine rings is 1. The summed E-state index contributed by atoms with van der Waals surface area (Å²) in [5, 5.41) is 12.1. The number of hydrogen-bond acceptors (Lipinski definition) is 4. The van der Waals surface area contributed by atoms with Gasteiger partial charge in [0, 0.05) is 18.5 Å². The fraction of sp³-hybridized carbons (Fsp3) is 0.714. The number of aromatic nitrogens is 1. The van der Waals surface area contributed by atoms with E-state index in [9.17, 15) is 23.1 Å². The topological polar surface area (TPSA) is 53.4 Å². The molecule has 1 atom stereocenters. The third-order valence-corrected chi connectivity index (χ3v) is 4.95. The van der Waals surface area contributed by atoms with Crippen LogP contribution in [0.5, 0.6) is 0 Å². The maximum Gasteiger partial charge on any atom is 0.414 e. The number of halogens is 3. The number of aliphatic hydroxyl groups is 1. The second-order valence-electron chi connectivity index (χ2n) is 5.47. The van der Waals surface area contributed by atoms with Gasteiger partial charge in [0.1, 0.15) is 0 Å². The molecule has 8 heteroatoms. The Morgan fingerprint density at radius 1 is 1.50 bits per heavy atom. The molecule has 2 rings (SSSR count). The first-order valence-electron chi connectivity index (χ1n) is 7.27. The molecule has 2 heterocycles. The van der Waals surface area contributed by atoms with Gasteiger partial charge in [-0.1, -0.05) is 6.92 Å². The Hall–Kier alpha value is -1.15. The summed E-state index contributed by atoms with van der Waals surface area (Å²) in [6, 6.07) is 0. The number of carbonyl (C=O) groups excluding carboxylic acids is 1.